The third-order valence-corrected chi connectivity index (χ3v) is 7.09. The monoisotopic (exact) mass is 443 g/mol. The van der Waals surface area contributed by atoms with Crippen LogP contribution in [0.4, 0.5) is 11.5 Å². The van der Waals surface area contributed by atoms with Gasteiger partial charge in [0, 0.05) is 18.4 Å². The molecule has 33 heavy (non-hydrogen) atoms. The molecule has 170 valence electrons. The van der Waals surface area contributed by atoms with E-state index in [0.717, 1.165) is 42.5 Å². The lowest BCUT2D eigenvalue weighted by Gasteiger charge is -2.41. The number of nitrogens with two attached hydrogens (primary N) is 1. The van der Waals surface area contributed by atoms with Crippen LogP contribution < -0.4 is 5.73 Å². The molecule has 0 amide bonds. The number of hydrogen-bond acceptors (Lipinski definition) is 5. The molecule has 2 aliphatic carbocycles. The highest BCUT2D eigenvalue weighted by atomic mass is 16.5. The fourth-order valence-electron chi connectivity index (χ4n) is 4.88. The van der Waals surface area contributed by atoms with Crippen molar-refractivity contribution in [1.29, 1.82) is 0 Å². The minimum absolute atomic E-state index is 0.0798. The van der Waals surface area contributed by atoms with Gasteiger partial charge in [0.2, 0.25) is 0 Å². The van der Waals surface area contributed by atoms with Crippen LogP contribution in [0.1, 0.15) is 69.4 Å². The summed E-state index contributed by atoms with van der Waals surface area (Å²) in [5.41, 5.74) is 10.2. The molecule has 3 aromatic rings. The Balaban J connectivity index is 1.24. The zero-order valence-electron chi connectivity index (χ0n) is 19.4. The second kappa shape index (κ2) is 7.58. The van der Waals surface area contributed by atoms with E-state index in [1.807, 2.05) is 30.3 Å². The molecular weight excluding hydrogens is 414 g/mol. The third kappa shape index (κ3) is 4.06. The second-order valence-electron chi connectivity index (χ2n) is 10.7. The Morgan fingerprint density at radius 3 is 2.52 bits per heavy atom. The Morgan fingerprint density at radius 1 is 1.21 bits per heavy atom. The van der Waals surface area contributed by atoms with Gasteiger partial charge in [-0.05, 0) is 49.1 Å². The molecule has 1 aromatic carbocycles. The number of anilines is 1. The number of nitrogens with zero attached hydrogens (tertiary/aromatic N) is 4. The van der Waals surface area contributed by atoms with Gasteiger partial charge < -0.3 is 10.3 Å². The number of carbonyl (C=O) groups excluding carboxylic acids is 1. The smallest absolute Gasteiger partial charge is 0.254 e. The molecule has 0 spiro atoms. The molecule has 0 unspecified atom stereocenters. The highest BCUT2D eigenvalue weighted by molar-refractivity contribution is 5.85. The van der Waals surface area contributed by atoms with E-state index in [9.17, 15) is 4.79 Å². The van der Waals surface area contributed by atoms with Crippen molar-refractivity contribution < 1.29 is 9.32 Å². The maximum absolute atomic E-state index is 12.6. The average Bonchev–Trinajstić information content (AvgIpc) is 3.17. The van der Waals surface area contributed by atoms with E-state index in [1.54, 1.807) is 4.68 Å². The molecule has 2 fully saturated rings. The molecule has 2 aromatic heterocycles. The highest BCUT2D eigenvalue weighted by Gasteiger charge is 2.42. The van der Waals surface area contributed by atoms with Gasteiger partial charge in [-0.2, -0.15) is 5.10 Å². The molecule has 0 aliphatic heterocycles. The zero-order valence-corrected chi connectivity index (χ0v) is 19.4. The minimum Gasteiger partial charge on any atom is -0.393 e. The molecule has 5 rings (SSSR count). The number of nitrogen functional groups attached to an aromatic ring is 1. The van der Waals surface area contributed by atoms with Gasteiger partial charge in [0.05, 0.1) is 24.2 Å². The lowest BCUT2D eigenvalue weighted by atomic mass is 9.63. The Kier molecular flexibility index (Phi) is 4.93. The topological polar surface area (TPSA) is 91.3 Å². The standard InChI is InChI=1S/C26H29N5O2/c1-25(2)14-18(15-25)21-13-20(33-30-21)12-19(32)11-16-5-7-17(8-6-16)22-23(28-4)24(27)31(29-22)26(3)9-10-26/h5-8,13,18H,9-12,14-15,27H2,1-3H3. The van der Waals surface area contributed by atoms with Gasteiger partial charge in [0.15, 0.2) is 0 Å². The van der Waals surface area contributed by atoms with Crippen LogP contribution in [-0.2, 0) is 23.2 Å². The number of carbonyl (C=O) groups is 1. The Hall–Kier alpha value is -3.40. The fraction of sp³-hybridized carbons (Fsp3) is 0.462. The Labute approximate surface area is 193 Å². The van der Waals surface area contributed by atoms with Crippen LogP contribution in [0.3, 0.4) is 0 Å². The number of ketones is 1. The van der Waals surface area contributed by atoms with E-state index >= 15 is 0 Å². The van der Waals surface area contributed by atoms with Crippen molar-refractivity contribution in [2.75, 3.05) is 5.73 Å². The van der Waals surface area contributed by atoms with Gasteiger partial charge in [0.25, 0.3) is 5.69 Å². The van der Waals surface area contributed by atoms with Gasteiger partial charge in [-0.15, -0.1) is 0 Å². The first-order chi connectivity index (χ1) is 15.7. The highest BCUT2D eigenvalue weighted by Crippen LogP contribution is 2.50. The van der Waals surface area contributed by atoms with Crippen molar-refractivity contribution >= 4 is 17.3 Å². The van der Waals surface area contributed by atoms with Crippen LogP contribution in [-0.4, -0.2) is 20.7 Å². The van der Waals surface area contributed by atoms with Crippen molar-refractivity contribution in [3.05, 3.63) is 58.8 Å². The first kappa shape index (κ1) is 21.4. The van der Waals surface area contributed by atoms with Gasteiger partial charge in [0.1, 0.15) is 23.1 Å². The summed E-state index contributed by atoms with van der Waals surface area (Å²) in [6.07, 6.45) is 4.81. The fourth-order valence-corrected chi connectivity index (χ4v) is 4.88. The van der Waals surface area contributed by atoms with Crippen LogP contribution >= 0.6 is 0 Å². The van der Waals surface area contributed by atoms with Crippen LogP contribution in [0.15, 0.2) is 34.9 Å². The number of aromatic nitrogens is 3. The van der Waals surface area contributed by atoms with Crippen LogP contribution in [0.5, 0.6) is 0 Å². The Morgan fingerprint density at radius 2 is 1.91 bits per heavy atom. The molecule has 7 heteroatoms. The number of hydrogen-bond donors (Lipinski definition) is 1. The first-order valence-corrected chi connectivity index (χ1v) is 11.5. The summed E-state index contributed by atoms with van der Waals surface area (Å²) < 4.78 is 7.22. The van der Waals surface area contributed by atoms with Gasteiger partial charge >= 0.3 is 0 Å². The van der Waals surface area contributed by atoms with Crippen molar-refractivity contribution in [2.24, 2.45) is 5.41 Å². The Bertz CT molecular complexity index is 1250. The third-order valence-electron chi connectivity index (χ3n) is 7.09. The lowest BCUT2D eigenvalue weighted by molar-refractivity contribution is -0.118. The SMILES string of the molecule is [C-]#[N+]c1c(-c2ccc(CC(=O)Cc3cc(C4CC(C)(C)C4)no3)cc2)nn(C2(C)CC2)c1N. The second-order valence-corrected chi connectivity index (χ2v) is 10.7. The minimum atomic E-state index is -0.0798. The molecule has 2 aliphatic rings. The van der Waals surface area contributed by atoms with E-state index in [2.05, 4.69) is 35.9 Å². The maximum Gasteiger partial charge on any atom is 0.254 e. The number of Topliss-reactive ketones (excluding diaryl/α,β-unsaturated/α-hetero) is 1. The molecule has 2 heterocycles. The van der Waals surface area contributed by atoms with Gasteiger partial charge in [-0.3, -0.25) is 9.48 Å². The van der Waals surface area contributed by atoms with Crippen LogP contribution in [0, 0.1) is 12.0 Å². The normalized spacial score (nSPS) is 18.5. The number of benzene rings is 1. The quantitative estimate of drug-likeness (QED) is 0.491. The summed E-state index contributed by atoms with van der Waals surface area (Å²) in [5.74, 6) is 1.58. The lowest BCUT2D eigenvalue weighted by Crippen LogP contribution is -2.29. The van der Waals surface area contributed by atoms with E-state index in [-0.39, 0.29) is 17.7 Å². The summed E-state index contributed by atoms with van der Waals surface area (Å²) in [5, 5.41) is 8.85. The molecule has 0 radical (unpaired) electrons. The van der Waals surface area contributed by atoms with Crippen LogP contribution in [0.25, 0.3) is 16.1 Å². The molecular formula is C26H29N5O2. The van der Waals surface area contributed by atoms with Crippen molar-refractivity contribution in [3.8, 4) is 11.3 Å². The summed E-state index contributed by atoms with van der Waals surface area (Å²) in [7, 11) is 0. The van der Waals surface area contributed by atoms with Gasteiger partial charge in [-0.1, -0.05) is 43.3 Å². The van der Waals surface area contributed by atoms with E-state index in [4.69, 9.17) is 16.8 Å². The molecule has 0 saturated heterocycles. The molecule has 2 N–H and O–H groups in total. The van der Waals surface area contributed by atoms with Crippen molar-refractivity contribution in [3.63, 3.8) is 0 Å². The molecule has 7 nitrogen and oxygen atoms in total. The molecule has 0 atom stereocenters. The maximum atomic E-state index is 12.6. The largest absolute Gasteiger partial charge is 0.393 e. The first-order valence-electron chi connectivity index (χ1n) is 11.5. The summed E-state index contributed by atoms with van der Waals surface area (Å²) >= 11 is 0. The average molecular weight is 444 g/mol. The van der Waals surface area contributed by atoms with E-state index < -0.39 is 0 Å². The van der Waals surface area contributed by atoms with E-state index in [1.165, 1.54) is 0 Å². The number of rotatable bonds is 7. The van der Waals surface area contributed by atoms with Crippen molar-refractivity contribution in [1.82, 2.24) is 14.9 Å². The summed E-state index contributed by atoms with van der Waals surface area (Å²) in [6, 6.07) is 9.58. The predicted octanol–water partition coefficient (Wildman–Crippen LogP) is 5.44. The molecule has 0 bridgehead atoms. The van der Waals surface area contributed by atoms with Gasteiger partial charge in [-0.25, -0.2) is 4.85 Å². The van der Waals surface area contributed by atoms with Crippen LogP contribution in [0.2, 0.25) is 0 Å². The zero-order chi connectivity index (χ0) is 23.4. The van der Waals surface area contributed by atoms with Crippen molar-refractivity contribution in [2.45, 2.75) is 70.8 Å². The van der Waals surface area contributed by atoms with E-state index in [0.29, 0.717) is 40.7 Å². The summed E-state index contributed by atoms with van der Waals surface area (Å²) in [4.78, 5) is 16.2. The summed E-state index contributed by atoms with van der Waals surface area (Å²) in [6.45, 7) is 14.2. The molecule has 2 saturated carbocycles. The predicted molar refractivity (Wildman–Crippen MR) is 126 cm³/mol.